The molecule has 0 saturated heterocycles. The Morgan fingerprint density at radius 2 is 1.75 bits per heavy atom. The molecule has 0 aromatic heterocycles. The van der Waals surface area contributed by atoms with Crippen LogP contribution in [0.25, 0.3) is 0 Å². The van der Waals surface area contributed by atoms with Gasteiger partial charge in [-0.05, 0) is 35.7 Å². The zero-order valence-electron chi connectivity index (χ0n) is 13.3. The first kappa shape index (κ1) is 18.4. The fourth-order valence-electron chi connectivity index (χ4n) is 2.09. The molecular formula is C17H19ClN2O3S. The molecule has 0 aliphatic heterocycles. The van der Waals surface area contributed by atoms with Crippen LogP contribution in [0.2, 0.25) is 5.02 Å². The molecule has 0 atom stereocenters. The Bertz CT molecular complexity index is 805. The van der Waals surface area contributed by atoms with Gasteiger partial charge in [-0.3, -0.25) is 4.79 Å². The third kappa shape index (κ3) is 5.96. The molecule has 2 N–H and O–H groups in total. The predicted octanol–water partition coefficient (Wildman–Crippen LogP) is 2.38. The normalized spacial score (nSPS) is 11.2. The summed E-state index contributed by atoms with van der Waals surface area (Å²) in [5.41, 5.74) is 2.67. The van der Waals surface area contributed by atoms with Gasteiger partial charge in [0.1, 0.15) is 0 Å². The van der Waals surface area contributed by atoms with Crippen molar-refractivity contribution in [2.45, 2.75) is 19.2 Å². The van der Waals surface area contributed by atoms with Gasteiger partial charge in [-0.2, -0.15) is 0 Å². The van der Waals surface area contributed by atoms with E-state index >= 15 is 0 Å². The Morgan fingerprint density at radius 1 is 1.08 bits per heavy atom. The van der Waals surface area contributed by atoms with Gasteiger partial charge in [-0.25, -0.2) is 13.1 Å². The van der Waals surface area contributed by atoms with Crippen LogP contribution < -0.4 is 10.0 Å². The van der Waals surface area contributed by atoms with E-state index < -0.39 is 10.0 Å². The highest BCUT2D eigenvalue weighted by molar-refractivity contribution is 7.88. The van der Waals surface area contributed by atoms with Crippen LogP contribution in [0.1, 0.15) is 16.7 Å². The molecule has 7 heteroatoms. The Hall–Kier alpha value is -1.89. The van der Waals surface area contributed by atoms with Gasteiger partial charge >= 0.3 is 0 Å². The maximum atomic E-state index is 12.0. The first-order chi connectivity index (χ1) is 11.4. The van der Waals surface area contributed by atoms with Gasteiger partial charge in [0, 0.05) is 11.6 Å². The highest BCUT2D eigenvalue weighted by Crippen LogP contribution is 2.11. The molecule has 0 aliphatic carbocycles. The molecule has 0 spiro atoms. The van der Waals surface area contributed by atoms with Crippen molar-refractivity contribution in [3.8, 4) is 0 Å². The topological polar surface area (TPSA) is 75.3 Å². The number of benzene rings is 2. The minimum absolute atomic E-state index is 0.199. The third-order valence-electron chi connectivity index (χ3n) is 3.46. The molecule has 2 aromatic carbocycles. The quantitative estimate of drug-likeness (QED) is 0.790. The van der Waals surface area contributed by atoms with Crippen molar-refractivity contribution in [3.05, 3.63) is 70.2 Å². The summed E-state index contributed by atoms with van der Waals surface area (Å²) < 4.78 is 26.3. The number of rotatable bonds is 7. The molecule has 0 fully saturated rings. The van der Waals surface area contributed by atoms with Crippen molar-refractivity contribution in [1.82, 2.24) is 10.0 Å². The van der Waals surface area contributed by atoms with Crippen molar-refractivity contribution in [2.75, 3.05) is 6.54 Å². The van der Waals surface area contributed by atoms with Gasteiger partial charge in [0.25, 0.3) is 0 Å². The zero-order chi connectivity index (χ0) is 17.6. The SMILES string of the molecule is Cc1ccccc1CNC(=O)CNS(=O)(=O)Cc1ccc(Cl)cc1. The molecule has 24 heavy (non-hydrogen) atoms. The average molecular weight is 367 g/mol. The number of nitrogens with one attached hydrogen (secondary N) is 2. The predicted molar refractivity (Wildman–Crippen MR) is 95.1 cm³/mol. The van der Waals surface area contributed by atoms with E-state index in [0.29, 0.717) is 17.1 Å². The van der Waals surface area contributed by atoms with Crippen molar-refractivity contribution in [2.24, 2.45) is 0 Å². The monoisotopic (exact) mass is 366 g/mol. The maximum absolute atomic E-state index is 12.0. The number of sulfonamides is 1. The highest BCUT2D eigenvalue weighted by atomic mass is 35.5. The number of amides is 1. The lowest BCUT2D eigenvalue weighted by Gasteiger charge is -2.09. The summed E-state index contributed by atoms with van der Waals surface area (Å²) in [4.78, 5) is 11.8. The minimum Gasteiger partial charge on any atom is -0.351 e. The fourth-order valence-corrected chi connectivity index (χ4v) is 3.30. The number of halogens is 1. The second-order valence-corrected chi connectivity index (χ2v) is 7.65. The molecular weight excluding hydrogens is 348 g/mol. The maximum Gasteiger partial charge on any atom is 0.235 e. The number of aryl methyl sites for hydroxylation is 1. The highest BCUT2D eigenvalue weighted by Gasteiger charge is 2.13. The van der Waals surface area contributed by atoms with E-state index in [1.807, 2.05) is 31.2 Å². The number of hydrogen-bond acceptors (Lipinski definition) is 3. The average Bonchev–Trinajstić information content (AvgIpc) is 2.54. The lowest BCUT2D eigenvalue weighted by atomic mass is 10.1. The van der Waals surface area contributed by atoms with Gasteiger partial charge < -0.3 is 5.32 Å². The Kier molecular flexibility index (Phi) is 6.36. The molecule has 0 bridgehead atoms. The van der Waals surface area contributed by atoms with Crippen LogP contribution in [0.3, 0.4) is 0 Å². The number of carbonyl (C=O) groups is 1. The first-order valence-electron chi connectivity index (χ1n) is 7.39. The molecule has 5 nitrogen and oxygen atoms in total. The molecule has 1 amide bonds. The van der Waals surface area contributed by atoms with Crippen molar-refractivity contribution >= 4 is 27.5 Å². The van der Waals surface area contributed by atoms with E-state index in [9.17, 15) is 13.2 Å². The molecule has 2 aromatic rings. The molecule has 2 rings (SSSR count). The molecule has 0 aliphatic rings. The van der Waals surface area contributed by atoms with E-state index in [4.69, 9.17) is 11.6 Å². The fraction of sp³-hybridized carbons (Fsp3) is 0.235. The molecule has 0 radical (unpaired) electrons. The molecule has 0 saturated carbocycles. The van der Waals surface area contributed by atoms with Crippen LogP contribution in [-0.2, 0) is 27.1 Å². The molecule has 0 heterocycles. The standard InChI is InChI=1S/C17H19ClN2O3S/c1-13-4-2-3-5-15(13)10-19-17(21)11-20-24(22,23)12-14-6-8-16(18)9-7-14/h2-9,20H,10-12H2,1H3,(H,19,21). The van der Waals surface area contributed by atoms with Gasteiger partial charge in [0.15, 0.2) is 0 Å². The summed E-state index contributed by atoms with van der Waals surface area (Å²) in [6.07, 6.45) is 0. The summed E-state index contributed by atoms with van der Waals surface area (Å²) in [6.45, 7) is 2.03. The second-order valence-electron chi connectivity index (χ2n) is 5.41. The Morgan fingerprint density at radius 3 is 2.42 bits per heavy atom. The van der Waals surface area contributed by atoms with Crippen LogP contribution in [-0.4, -0.2) is 20.9 Å². The Labute approximate surface area is 147 Å². The van der Waals surface area contributed by atoms with Crippen LogP contribution in [0.5, 0.6) is 0 Å². The summed E-state index contributed by atoms with van der Waals surface area (Å²) >= 11 is 5.76. The van der Waals surface area contributed by atoms with E-state index in [1.165, 1.54) is 0 Å². The van der Waals surface area contributed by atoms with Crippen molar-refractivity contribution in [1.29, 1.82) is 0 Å². The van der Waals surface area contributed by atoms with E-state index in [-0.39, 0.29) is 18.2 Å². The van der Waals surface area contributed by atoms with Gasteiger partial charge in [0.2, 0.25) is 15.9 Å². The third-order valence-corrected chi connectivity index (χ3v) is 5.01. The summed E-state index contributed by atoms with van der Waals surface area (Å²) in [5.74, 6) is -0.576. The van der Waals surface area contributed by atoms with E-state index in [2.05, 4.69) is 10.0 Å². The molecule has 128 valence electrons. The smallest absolute Gasteiger partial charge is 0.235 e. The second kappa shape index (κ2) is 8.28. The van der Waals surface area contributed by atoms with Gasteiger partial charge in [-0.15, -0.1) is 0 Å². The Balaban J connectivity index is 1.82. The minimum atomic E-state index is -3.59. The van der Waals surface area contributed by atoms with Gasteiger partial charge in [0.05, 0.1) is 12.3 Å². The van der Waals surface area contributed by atoms with Crippen LogP contribution in [0.15, 0.2) is 48.5 Å². The molecule has 0 unspecified atom stereocenters. The van der Waals surface area contributed by atoms with E-state index in [0.717, 1.165) is 11.1 Å². The van der Waals surface area contributed by atoms with E-state index in [1.54, 1.807) is 24.3 Å². The lowest BCUT2D eigenvalue weighted by molar-refractivity contribution is -0.120. The number of hydrogen-bond donors (Lipinski definition) is 2. The first-order valence-corrected chi connectivity index (χ1v) is 9.42. The number of carbonyl (C=O) groups excluding carboxylic acids is 1. The largest absolute Gasteiger partial charge is 0.351 e. The van der Waals surface area contributed by atoms with Crippen LogP contribution in [0.4, 0.5) is 0 Å². The van der Waals surface area contributed by atoms with Crippen molar-refractivity contribution in [3.63, 3.8) is 0 Å². The van der Waals surface area contributed by atoms with Gasteiger partial charge in [-0.1, -0.05) is 48.0 Å². The summed E-state index contributed by atoms with van der Waals surface area (Å²) in [6, 6.07) is 14.2. The van der Waals surface area contributed by atoms with Crippen LogP contribution in [0, 0.1) is 6.92 Å². The summed E-state index contributed by atoms with van der Waals surface area (Å²) in [5, 5.41) is 3.24. The summed E-state index contributed by atoms with van der Waals surface area (Å²) in [7, 11) is -3.59. The van der Waals surface area contributed by atoms with Crippen LogP contribution >= 0.6 is 11.6 Å². The zero-order valence-corrected chi connectivity index (χ0v) is 14.8. The van der Waals surface area contributed by atoms with Crippen molar-refractivity contribution < 1.29 is 13.2 Å². The lowest BCUT2D eigenvalue weighted by Crippen LogP contribution is -2.37.